The Balaban J connectivity index is 1.18. The van der Waals surface area contributed by atoms with Crippen LogP contribution in [0.4, 0.5) is 51.2 Å². The van der Waals surface area contributed by atoms with E-state index in [2.05, 4.69) is 275 Å². The number of rotatable bonds is 5. The van der Waals surface area contributed by atoms with E-state index in [1.807, 2.05) is 0 Å². The third-order valence-corrected chi connectivity index (χ3v) is 20.9. The summed E-state index contributed by atoms with van der Waals surface area (Å²) >= 11 is 0. The number of fused-ring (bicyclic) bond motifs is 7. The summed E-state index contributed by atoms with van der Waals surface area (Å²) in [5, 5.41) is 0. The van der Waals surface area contributed by atoms with E-state index in [1.54, 1.807) is 0 Å². The van der Waals surface area contributed by atoms with Gasteiger partial charge in [0.2, 0.25) is 0 Å². The lowest BCUT2D eigenvalue weighted by atomic mass is 9.33. The molecule has 0 atom stereocenters. The first-order chi connectivity index (χ1) is 37.2. The predicted molar refractivity (Wildman–Crippen MR) is 348 cm³/mol. The van der Waals surface area contributed by atoms with Crippen LogP contribution in [0.15, 0.2) is 121 Å². The minimum Gasteiger partial charge on any atom is -0.311 e. The molecule has 2 heterocycles. The number of nitrogens with zero attached hydrogens (tertiary/aromatic N) is 3. The van der Waals surface area contributed by atoms with Crippen molar-refractivity contribution in [2.75, 3.05) is 14.7 Å². The average molecular weight is 1060 g/mol. The van der Waals surface area contributed by atoms with Crippen molar-refractivity contribution in [3.05, 3.63) is 177 Å². The molecule has 0 N–H and O–H groups in total. The molecular weight excluding hydrogens is 966 g/mol. The highest BCUT2D eigenvalue weighted by atomic mass is 15.2. The number of aryl methyl sites for hydroxylation is 2. The highest BCUT2D eigenvalue weighted by molar-refractivity contribution is 7.00. The van der Waals surface area contributed by atoms with Crippen LogP contribution in [-0.2, 0) is 43.3 Å². The van der Waals surface area contributed by atoms with Crippen molar-refractivity contribution in [3.8, 4) is 0 Å². The zero-order chi connectivity index (χ0) is 57.4. The molecule has 0 aromatic heterocycles. The number of anilines is 9. The van der Waals surface area contributed by atoms with Crippen LogP contribution in [0.25, 0.3) is 0 Å². The maximum atomic E-state index is 2.73. The number of hydrogen-bond donors (Lipinski definition) is 0. The summed E-state index contributed by atoms with van der Waals surface area (Å²) < 4.78 is 0. The minimum absolute atomic E-state index is 0.00909. The van der Waals surface area contributed by atoms with E-state index in [4.69, 9.17) is 0 Å². The number of hydrogen-bond acceptors (Lipinski definition) is 3. The van der Waals surface area contributed by atoms with Crippen molar-refractivity contribution < 1.29 is 0 Å². The second kappa shape index (κ2) is 17.8. The minimum atomic E-state index is -0.00909. The van der Waals surface area contributed by atoms with Gasteiger partial charge in [0.25, 0.3) is 6.71 Å². The van der Waals surface area contributed by atoms with Gasteiger partial charge in [-0.15, -0.1) is 0 Å². The normalized spacial score (nSPS) is 19.5. The summed E-state index contributed by atoms with van der Waals surface area (Å²) in [7, 11) is 0. The molecule has 80 heavy (non-hydrogen) atoms. The van der Waals surface area contributed by atoms with Gasteiger partial charge in [0.15, 0.2) is 0 Å². The van der Waals surface area contributed by atoms with Crippen LogP contribution >= 0.6 is 0 Å². The van der Waals surface area contributed by atoms with Gasteiger partial charge in [-0.2, -0.15) is 0 Å². The highest BCUT2D eigenvalue weighted by Crippen LogP contribution is 2.55. The van der Waals surface area contributed by atoms with Gasteiger partial charge in [0.1, 0.15) is 0 Å². The van der Waals surface area contributed by atoms with Crippen LogP contribution in [0.3, 0.4) is 0 Å². The zero-order valence-electron chi connectivity index (χ0n) is 52.7. The largest absolute Gasteiger partial charge is 0.311 e. The van der Waals surface area contributed by atoms with E-state index in [0.717, 1.165) is 23.5 Å². The predicted octanol–water partition coefficient (Wildman–Crippen LogP) is 19.5. The van der Waals surface area contributed by atoms with E-state index in [0.29, 0.717) is 0 Å². The van der Waals surface area contributed by atoms with Crippen molar-refractivity contribution in [2.45, 2.75) is 220 Å². The molecule has 5 aliphatic rings. The molecule has 0 saturated heterocycles. The molecule has 0 radical (unpaired) electrons. The summed E-state index contributed by atoms with van der Waals surface area (Å²) in [6, 6.07) is 49.6. The molecule has 7 aromatic rings. The summed E-state index contributed by atoms with van der Waals surface area (Å²) in [5.41, 5.74) is 30.0. The van der Waals surface area contributed by atoms with E-state index in [1.165, 1.54) is 138 Å². The topological polar surface area (TPSA) is 9.72 Å². The monoisotopic (exact) mass is 1060 g/mol. The summed E-state index contributed by atoms with van der Waals surface area (Å²) in [6.07, 6.45) is 7.05. The Morgan fingerprint density at radius 3 is 1.25 bits per heavy atom. The van der Waals surface area contributed by atoms with Crippen LogP contribution < -0.4 is 31.1 Å². The van der Waals surface area contributed by atoms with E-state index in [-0.39, 0.29) is 50.0 Å². The molecule has 2 aliphatic heterocycles. The second-order valence-corrected chi connectivity index (χ2v) is 31.7. The van der Waals surface area contributed by atoms with Crippen molar-refractivity contribution in [1.82, 2.24) is 0 Å². The molecule has 0 fully saturated rings. The Morgan fingerprint density at radius 2 is 0.762 bits per heavy atom. The van der Waals surface area contributed by atoms with Crippen LogP contribution in [0, 0.1) is 13.8 Å². The quantitative estimate of drug-likeness (QED) is 0.159. The van der Waals surface area contributed by atoms with Crippen molar-refractivity contribution >= 4 is 74.3 Å². The first-order valence-corrected chi connectivity index (χ1v) is 30.6. The fourth-order valence-electron chi connectivity index (χ4n) is 15.2. The molecule has 414 valence electrons. The van der Waals surface area contributed by atoms with Gasteiger partial charge in [-0.25, -0.2) is 0 Å². The maximum absolute atomic E-state index is 2.73. The Bertz CT molecular complexity index is 3600. The molecule has 3 aliphatic carbocycles. The van der Waals surface area contributed by atoms with Crippen LogP contribution in [-0.4, -0.2) is 6.71 Å². The molecule has 3 nitrogen and oxygen atoms in total. The lowest BCUT2D eigenvalue weighted by Gasteiger charge is -2.48. The van der Waals surface area contributed by atoms with E-state index >= 15 is 0 Å². The third-order valence-electron chi connectivity index (χ3n) is 20.9. The van der Waals surface area contributed by atoms with Crippen molar-refractivity contribution in [3.63, 3.8) is 0 Å². The molecule has 0 bridgehead atoms. The Hall–Kier alpha value is -6.00. The molecule has 0 saturated carbocycles. The summed E-state index contributed by atoms with van der Waals surface area (Å²) in [5.74, 6) is 0. The van der Waals surface area contributed by atoms with Crippen molar-refractivity contribution in [1.29, 1.82) is 0 Å². The molecular formula is C76H92BN3. The molecule has 7 aromatic carbocycles. The first kappa shape index (κ1) is 54.6. The molecule has 0 unspecified atom stereocenters. The van der Waals surface area contributed by atoms with Crippen LogP contribution in [0.5, 0.6) is 0 Å². The summed E-state index contributed by atoms with van der Waals surface area (Å²) in [6.45, 7) is 48.4. The zero-order valence-corrected chi connectivity index (χ0v) is 52.7. The van der Waals surface area contributed by atoms with Gasteiger partial charge in [-0.3, -0.25) is 0 Å². The lowest BCUT2D eigenvalue weighted by molar-refractivity contribution is 0.332. The molecule has 4 heteroatoms. The summed E-state index contributed by atoms with van der Waals surface area (Å²) in [4.78, 5) is 7.96. The van der Waals surface area contributed by atoms with Crippen molar-refractivity contribution in [2.24, 2.45) is 0 Å². The Labute approximate surface area is 483 Å². The number of benzene rings is 7. The smallest absolute Gasteiger partial charge is 0.252 e. The standard InChI is InChI=1S/C76H92BN3/c1-47-39-66-68-67(40-47)80(63-45-59-56(41-48(63)2)72(11,12)35-37-75(59,17)18)64-43-54(78(51-25-21-49(22-26-51)69(3,4)5)52-27-23-50(24-28-52)70(6,7)8)30-32-61(64)77(68)62-44-58-60(76(19,20)38-36-74(58,15)16)46-65(62)79(66)53-29-31-55-57(42-53)73(13,14)34-33-71(55,9)10/h21-32,39-46H,33-38H2,1-20H3. The van der Waals surface area contributed by atoms with Gasteiger partial charge in [0, 0.05) is 51.2 Å². The average Bonchev–Trinajstić information content (AvgIpc) is 3.37. The Morgan fingerprint density at radius 1 is 0.362 bits per heavy atom. The van der Waals surface area contributed by atoms with Gasteiger partial charge in [-0.1, -0.05) is 173 Å². The van der Waals surface area contributed by atoms with E-state index < -0.39 is 0 Å². The van der Waals surface area contributed by atoms with E-state index in [9.17, 15) is 0 Å². The lowest BCUT2D eigenvalue weighted by Crippen LogP contribution is -2.62. The third kappa shape index (κ3) is 8.64. The highest BCUT2D eigenvalue weighted by Gasteiger charge is 2.48. The SMILES string of the molecule is Cc1cc2c3c(c1)N(c1cc4c(cc1C)C(C)(C)CCC4(C)C)c1cc(N(c4ccc(C(C)(C)C)cc4)c4ccc(C(C)(C)C)cc4)ccc1B3c1cc3c(cc1N2c1ccc2c(c1)C(C)(C)CCC2(C)C)C(C)(C)CCC3(C)C. The maximum Gasteiger partial charge on any atom is 0.252 e. The second-order valence-electron chi connectivity index (χ2n) is 31.7. The fourth-order valence-corrected chi connectivity index (χ4v) is 15.2. The molecule has 12 rings (SSSR count). The van der Waals surface area contributed by atoms with Gasteiger partial charge in [0.05, 0.1) is 0 Å². The fraction of sp³-hybridized carbons (Fsp3) is 0.447. The van der Waals surface area contributed by atoms with Gasteiger partial charge < -0.3 is 14.7 Å². The van der Waals surface area contributed by atoms with Crippen LogP contribution in [0.2, 0.25) is 0 Å². The molecule has 0 spiro atoms. The van der Waals surface area contributed by atoms with Gasteiger partial charge in [-0.05, 0) is 241 Å². The Kier molecular flexibility index (Phi) is 12.1. The van der Waals surface area contributed by atoms with Crippen LogP contribution in [0.1, 0.15) is 219 Å². The molecule has 0 amide bonds. The first-order valence-electron chi connectivity index (χ1n) is 30.6. The van der Waals surface area contributed by atoms with Gasteiger partial charge >= 0.3 is 0 Å².